The van der Waals surface area contributed by atoms with Gasteiger partial charge in [0.15, 0.2) is 0 Å². The molecule has 4 aromatic rings. The molecule has 1 aromatic carbocycles. The number of aromatic nitrogens is 4. The summed E-state index contributed by atoms with van der Waals surface area (Å²) in [5.41, 5.74) is 5.97. The monoisotopic (exact) mass is 286 g/mol. The third kappa shape index (κ3) is 2.15. The van der Waals surface area contributed by atoms with Gasteiger partial charge in [0.25, 0.3) is 0 Å². The Balaban J connectivity index is 1.87. The molecule has 0 atom stereocenters. The third-order valence-electron chi connectivity index (χ3n) is 3.70. The first kappa shape index (κ1) is 12.7. The number of hydrogen-bond donors (Lipinski definition) is 1. The molecule has 4 heteroatoms. The molecule has 0 radical (unpaired) electrons. The number of benzene rings is 1. The second kappa shape index (κ2) is 5.07. The predicted octanol–water partition coefficient (Wildman–Crippen LogP) is 4.00. The van der Waals surface area contributed by atoms with E-state index in [1.54, 1.807) is 0 Å². The highest BCUT2D eigenvalue weighted by Gasteiger charge is 2.11. The van der Waals surface area contributed by atoms with E-state index in [2.05, 4.69) is 38.4 Å². The Labute approximate surface area is 127 Å². The first-order valence-corrected chi connectivity index (χ1v) is 7.14. The second-order valence-electron chi connectivity index (χ2n) is 5.23. The van der Waals surface area contributed by atoms with Crippen LogP contribution in [-0.2, 0) is 0 Å². The van der Waals surface area contributed by atoms with Gasteiger partial charge in [-0.25, -0.2) is 0 Å². The number of pyridine rings is 2. The van der Waals surface area contributed by atoms with Crippen molar-refractivity contribution in [3.63, 3.8) is 0 Å². The van der Waals surface area contributed by atoms with Gasteiger partial charge < -0.3 is 0 Å². The van der Waals surface area contributed by atoms with Crippen LogP contribution in [-0.4, -0.2) is 20.2 Å². The summed E-state index contributed by atoms with van der Waals surface area (Å²) in [5, 5.41) is 8.39. The van der Waals surface area contributed by atoms with Gasteiger partial charge in [-0.05, 0) is 42.8 Å². The Morgan fingerprint density at radius 2 is 1.95 bits per heavy atom. The van der Waals surface area contributed by atoms with Crippen LogP contribution in [0.5, 0.6) is 0 Å². The molecule has 0 saturated carbocycles. The van der Waals surface area contributed by atoms with Gasteiger partial charge in [0.05, 0.1) is 23.1 Å². The average Bonchev–Trinajstić information content (AvgIpc) is 3.04. The molecule has 22 heavy (non-hydrogen) atoms. The minimum absolute atomic E-state index is 0.902. The zero-order valence-electron chi connectivity index (χ0n) is 12.1. The zero-order valence-corrected chi connectivity index (χ0v) is 12.1. The molecule has 4 rings (SSSR count). The lowest BCUT2D eigenvalue weighted by molar-refractivity contribution is 1.08. The van der Waals surface area contributed by atoms with Crippen molar-refractivity contribution in [1.82, 2.24) is 20.2 Å². The van der Waals surface area contributed by atoms with E-state index in [0.29, 0.717) is 0 Å². The van der Waals surface area contributed by atoms with E-state index in [1.807, 2.05) is 49.6 Å². The first-order valence-electron chi connectivity index (χ1n) is 7.14. The van der Waals surface area contributed by atoms with Gasteiger partial charge in [0.2, 0.25) is 0 Å². The van der Waals surface area contributed by atoms with Crippen molar-refractivity contribution in [2.24, 2.45) is 0 Å². The van der Waals surface area contributed by atoms with Crippen LogP contribution >= 0.6 is 0 Å². The van der Waals surface area contributed by atoms with Gasteiger partial charge >= 0.3 is 0 Å². The molecular weight excluding hydrogens is 272 g/mol. The molecule has 0 bridgehead atoms. The number of rotatable bonds is 2. The molecule has 0 spiro atoms. The molecule has 3 heterocycles. The highest BCUT2D eigenvalue weighted by Crippen LogP contribution is 2.30. The fourth-order valence-corrected chi connectivity index (χ4v) is 2.63. The van der Waals surface area contributed by atoms with Crippen LogP contribution in [0.1, 0.15) is 5.69 Å². The molecule has 106 valence electrons. The molecule has 0 aliphatic heterocycles. The average molecular weight is 286 g/mol. The Bertz CT molecular complexity index is 956. The van der Waals surface area contributed by atoms with E-state index in [1.165, 1.54) is 0 Å². The van der Waals surface area contributed by atoms with E-state index in [-0.39, 0.29) is 0 Å². The van der Waals surface area contributed by atoms with E-state index in [9.17, 15) is 0 Å². The van der Waals surface area contributed by atoms with Crippen molar-refractivity contribution in [2.75, 3.05) is 0 Å². The normalized spacial score (nSPS) is 11.0. The summed E-state index contributed by atoms with van der Waals surface area (Å²) in [4.78, 5) is 8.94. The Kier molecular flexibility index (Phi) is 2.93. The lowest BCUT2D eigenvalue weighted by Crippen LogP contribution is -1.89. The molecule has 0 saturated heterocycles. The van der Waals surface area contributed by atoms with Crippen molar-refractivity contribution in [2.45, 2.75) is 6.92 Å². The Hall–Kier alpha value is -3.01. The van der Waals surface area contributed by atoms with Crippen LogP contribution in [0.15, 0.2) is 60.9 Å². The summed E-state index contributed by atoms with van der Waals surface area (Å²) in [5.74, 6) is 0. The topological polar surface area (TPSA) is 54.5 Å². The van der Waals surface area contributed by atoms with Gasteiger partial charge in [0.1, 0.15) is 0 Å². The largest absolute Gasteiger partial charge is 0.276 e. The number of hydrogen-bond acceptors (Lipinski definition) is 3. The SMILES string of the molecule is Cc1cccc(-c2[nH]ncc2-c2ccc3ncccc3c2)n1. The maximum absolute atomic E-state index is 4.58. The summed E-state index contributed by atoms with van der Waals surface area (Å²) >= 11 is 0. The van der Waals surface area contributed by atoms with Crippen molar-refractivity contribution in [3.05, 3.63) is 66.6 Å². The minimum atomic E-state index is 0.902. The summed E-state index contributed by atoms with van der Waals surface area (Å²) in [7, 11) is 0. The summed E-state index contributed by atoms with van der Waals surface area (Å²) in [6, 6.07) is 16.2. The number of aryl methyl sites for hydroxylation is 1. The quantitative estimate of drug-likeness (QED) is 0.606. The molecule has 4 nitrogen and oxygen atoms in total. The number of nitrogens with zero attached hydrogens (tertiary/aromatic N) is 3. The third-order valence-corrected chi connectivity index (χ3v) is 3.70. The first-order chi connectivity index (χ1) is 10.8. The molecule has 0 aliphatic carbocycles. The summed E-state index contributed by atoms with van der Waals surface area (Å²) in [6.45, 7) is 1.99. The molecule has 0 aliphatic rings. The van der Waals surface area contributed by atoms with Crippen molar-refractivity contribution < 1.29 is 0 Å². The van der Waals surface area contributed by atoms with Crippen molar-refractivity contribution in [1.29, 1.82) is 0 Å². The Morgan fingerprint density at radius 1 is 1.00 bits per heavy atom. The standard InChI is InChI=1S/C18H14N4/c1-12-4-2-6-17(21-12)18-15(11-20-22-18)13-7-8-16-14(10-13)5-3-9-19-16/h2-11H,1H3,(H,20,22). The smallest absolute Gasteiger partial charge is 0.0912 e. The summed E-state index contributed by atoms with van der Waals surface area (Å²) in [6.07, 6.45) is 3.65. The van der Waals surface area contributed by atoms with E-state index in [0.717, 1.165) is 39.1 Å². The van der Waals surface area contributed by atoms with Crippen LogP contribution in [0.25, 0.3) is 33.4 Å². The second-order valence-corrected chi connectivity index (χ2v) is 5.23. The van der Waals surface area contributed by atoms with Gasteiger partial charge in [-0.15, -0.1) is 0 Å². The fourth-order valence-electron chi connectivity index (χ4n) is 2.63. The molecule has 3 aromatic heterocycles. The van der Waals surface area contributed by atoms with Crippen molar-refractivity contribution in [3.8, 4) is 22.5 Å². The molecule has 0 unspecified atom stereocenters. The number of aromatic amines is 1. The maximum Gasteiger partial charge on any atom is 0.0912 e. The van der Waals surface area contributed by atoms with Crippen LogP contribution in [0.4, 0.5) is 0 Å². The highest BCUT2D eigenvalue weighted by atomic mass is 15.1. The van der Waals surface area contributed by atoms with Crippen molar-refractivity contribution >= 4 is 10.9 Å². The predicted molar refractivity (Wildman–Crippen MR) is 87.3 cm³/mol. The van der Waals surface area contributed by atoms with E-state index < -0.39 is 0 Å². The zero-order chi connectivity index (χ0) is 14.9. The van der Waals surface area contributed by atoms with Crippen LogP contribution in [0, 0.1) is 6.92 Å². The number of H-pyrrole nitrogens is 1. The van der Waals surface area contributed by atoms with E-state index in [4.69, 9.17) is 0 Å². The fraction of sp³-hybridized carbons (Fsp3) is 0.0556. The van der Waals surface area contributed by atoms with Crippen LogP contribution in [0.2, 0.25) is 0 Å². The molecule has 0 fully saturated rings. The molecule has 1 N–H and O–H groups in total. The molecular formula is C18H14N4. The molecule has 0 amide bonds. The van der Waals surface area contributed by atoms with Gasteiger partial charge in [-0.3, -0.25) is 15.1 Å². The maximum atomic E-state index is 4.58. The lowest BCUT2D eigenvalue weighted by atomic mass is 10.0. The minimum Gasteiger partial charge on any atom is -0.276 e. The lowest BCUT2D eigenvalue weighted by Gasteiger charge is -2.05. The highest BCUT2D eigenvalue weighted by molar-refractivity contribution is 5.87. The number of fused-ring (bicyclic) bond motifs is 1. The Morgan fingerprint density at radius 3 is 2.86 bits per heavy atom. The van der Waals surface area contributed by atoms with Gasteiger partial charge in [-0.2, -0.15) is 5.10 Å². The van der Waals surface area contributed by atoms with E-state index >= 15 is 0 Å². The summed E-state index contributed by atoms with van der Waals surface area (Å²) < 4.78 is 0. The van der Waals surface area contributed by atoms with Crippen LogP contribution in [0.3, 0.4) is 0 Å². The number of nitrogens with one attached hydrogen (secondary N) is 1. The van der Waals surface area contributed by atoms with Gasteiger partial charge in [-0.1, -0.05) is 18.2 Å². The van der Waals surface area contributed by atoms with Gasteiger partial charge in [0, 0.05) is 22.8 Å². The van der Waals surface area contributed by atoms with Crippen LogP contribution < -0.4 is 0 Å².